The third-order valence-corrected chi connectivity index (χ3v) is 7.41. The first-order chi connectivity index (χ1) is 15.2. The highest BCUT2D eigenvalue weighted by atomic mass is 32.1. The number of aromatic nitrogens is 4. The van der Waals surface area contributed by atoms with E-state index in [0.717, 1.165) is 35.1 Å². The Labute approximate surface area is 188 Å². The van der Waals surface area contributed by atoms with Crippen LogP contribution in [-0.2, 0) is 12.8 Å². The van der Waals surface area contributed by atoms with Gasteiger partial charge in [-0.1, -0.05) is 20.8 Å². The summed E-state index contributed by atoms with van der Waals surface area (Å²) < 4.78 is 36.7. The van der Waals surface area contributed by atoms with Gasteiger partial charge in [-0.15, -0.1) is 16.4 Å². The Morgan fingerprint density at radius 2 is 2.03 bits per heavy atom. The molecule has 1 aliphatic carbocycles. The zero-order valence-electron chi connectivity index (χ0n) is 18.4. The molecule has 5 rings (SSSR count). The van der Waals surface area contributed by atoms with Crippen molar-refractivity contribution in [3.05, 3.63) is 35.0 Å². The largest absolute Gasteiger partial charge is 0.493 e. The predicted molar refractivity (Wildman–Crippen MR) is 120 cm³/mol. The van der Waals surface area contributed by atoms with Crippen molar-refractivity contribution in [2.45, 2.75) is 46.6 Å². The van der Waals surface area contributed by atoms with Gasteiger partial charge in [0.05, 0.1) is 12.5 Å². The summed E-state index contributed by atoms with van der Waals surface area (Å²) >= 11 is 1.75. The quantitative estimate of drug-likeness (QED) is 0.389. The standard InChI is InChI=1S/C23H24F2N4O2S/c1-23(2,3)13-6-7-14-17(10-13)32-21-18(14)20-27-19(28-29(20)11-26-21)12-5-8-15(31-22(24)25)16(9-12)30-4/h5,8-9,11,13,22H,6-7,10H2,1-4H3. The first kappa shape index (κ1) is 21.1. The maximum Gasteiger partial charge on any atom is 0.387 e. The number of halogens is 2. The van der Waals surface area contributed by atoms with Crippen LogP contribution in [0.15, 0.2) is 24.5 Å². The van der Waals surface area contributed by atoms with Crippen LogP contribution >= 0.6 is 11.3 Å². The number of hydrogen-bond acceptors (Lipinski definition) is 6. The number of alkyl halides is 2. The van der Waals surface area contributed by atoms with E-state index in [9.17, 15) is 8.78 Å². The zero-order valence-corrected chi connectivity index (χ0v) is 19.2. The van der Waals surface area contributed by atoms with E-state index < -0.39 is 6.61 Å². The summed E-state index contributed by atoms with van der Waals surface area (Å²) in [4.78, 5) is 11.8. The van der Waals surface area contributed by atoms with Crippen molar-refractivity contribution in [2.75, 3.05) is 7.11 Å². The molecule has 3 heterocycles. The lowest BCUT2D eigenvalue weighted by Gasteiger charge is -2.33. The lowest BCUT2D eigenvalue weighted by atomic mass is 9.72. The Balaban J connectivity index is 1.58. The molecule has 1 unspecified atom stereocenters. The van der Waals surface area contributed by atoms with Gasteiger partial charge in [-0.25, -0.2) is 14.5 Å². The number of thiophene rings is 1. The van der Waals surface area contributed by atoms with E-state index in [1.807, 2.05) is 0 Å². The van der Waals surface area contributed by atoms with Crippen LogP contribution in [0.25, 0.3) is 27.3 Å². The Kier molecular flexibility index (Phi) is 5.03. The Hall–Kier alpha value is -2.81. The van der Waals surface area contributed by atoms with Crippen molar-refractivity contribution < 1.29 is 18.3 Å². The highest BCUT2D eigenvalue weighted by Gasteiger charge is 2.31. The summed E-state index contributed by atoms with van der Waals surface area (Å²) in [5.41, 5.74) is 3.03. The van der Waals surface area contributed by atoms with E-state index in [0.29, 0.717) is 17.3 Å². The number of aryl methyl sites for hydroxylation is 1. The fourth-order valence-electron chi connectivity index (χ4n) is 4.44. The average molecular weight is 459 g/mol. The monoisotopic (exact) mass is 458 g/mol. The lowest BCUT2D eigenvalue weighted by molar-refractivity contribution is -0.0512. The van der Waals surface area contributed by atoms with Crippen molar-refractivity contribution >= 4 is 27.2 Å². The molecule has 3 aromatic heterocycles. The Morgan fingerprint density at radius 1 is 1.22 bits per heavy atom. The van der Waals surface area contributed by atoms with Crippen LogP contribution in [0.2, 0.25) is 0 Å². The predicted octanol–water partition coefficient (Wildman–Crippen LogP) is 5.77. The molecule has 0 fully saturated rings. The van der Waals surface area contributed by atoms with Crippen LogP contribution in [0.4, 0.5) is 8.78 Å². The van der Waals surface area contributed by atoms with E-state index >= 15 is 0 Å². The molecular weight excluding hydrogens is 434 g/mol. The number of benzene rings is 1. The van der Waals surface area contributed by atoms with Gasteiger partial charge < -0.3 is 9.47 Å². The summed E-state index contributed by atoms with van der Waals surface area (Å²) in [7, 11) is 1.41. The Bertz CT molecular complexity index is 1310. The van der Waals surface area contributed by atoms with Crippen molar-refractivity contribution in [3.63, 3.8) is 0 Å². The van der Waals surface area contributed by atoms with Gasteiger partial charge in [0.2, 0.25) is 0 Å². The number of fused-ring (bicyclic) bond motifs is 5. The summed E-state index contributed by atoms with van der Waals surface area (Å²) in [6, 6.07) is 4.70. The van der Waals surface area contributed by atoms with Gasteiger partial charge in [-0.05, 0) is 54.4 Å². The second kappa shape index (κ2) is 7.65. The minimum Gasteiger partial charge on any atom is -0.493 e. The molecule has 32 heavy (non-hydrogen) atoms. The number of rotatable bonds is 4. The van der Waals surface area contributed by atoms with Crippen LogP contribution in [0, 0.1) is 11.3 Å². The summed E-state index contributed by atoms with van der Waals surface area (Å²) in [6.45, 7) is 4.00. The molecular formula is C23H24F2N4O2S. The molecule has 0 saturated carbocycles. The molecule has 0 saturated heterocycles. The Morgan fingerprint density at radius 3 is 2.75 bits per heavy atom. The lowest BCUT2D eigenvalue weighted by Crippen LogP contribution is -2.26. The first-order valence-corrected chi connectivity index (χ1v) is 11.3. The summed E-state index contributed by atoms with van der Waals surface area (Å²) in [6.07, 6.45) is 4.90. The highest BCUT2D eigenvalue weighted by Crippen LogP contribution is 2.43. The molecule has 0 radical (unpaired) electrons. The normalized spacial score (nSPS) is 16.7. The molecule has 4 aromatic rings. The molecule has 0 N–H and O–H groups in total. The molecule has 6 nitrogen and oxygen atoms in total. The molecule has 0 spiro atoms. The topological polar surface area (TPSA) is 61.5 Å². The molecule has 168 valence electrons. The second-order valence-electron chi connectivity index (χ2n) is 9.18. The van der Waals surface area contributed by atoms with Crippen LogP contribution in [0.3, 0.4) is 0 Å². The highest BCUT2D eigenvalue weighted by molar-refractivity contribution is 7.19. The molecule has 1 aromatic carbocycles. The summed E-state index contributed by atoms with van der Waals surface area (Å²) in [5.74, 6) is 1.30. The van der Waals surface area contributed by atoms with E-state index in [4.69, 9.17) is 9.72 Å². The van der Waals surface area contributed by atoms with E-state index in [1.165, 1.54) is 23.6 Å². The number of nitrogens with zero attached hydrogens (tertiary/aromatic N) is 4. The van der Waals surface area contributed by atoms with Crippen molar-refractivity contribution in [2.24, 2.45) is 11.3 Å². The fraction of sp³-hybridized carbons (Fsp3) is 0.435. The van der Waals surface area contributed by atoms with E-state index in [-0.39, 0.29) is 16.9 Å². The van der Waals surface area contributed by atoms with Gasteiger partial charge >= 0.3 is 6.61 Å². The van der Waals surface area contributed by atoms with Gasteiger partial charge in [0, 0.05) is 10.4 Å². The van der Waals surface area contributed by atoms with Gasteiger partial charge in [0.1, 0.15) is 11.2 Å². The van der Waals surface area contributed by atoms with Crippen molar-refractivity contribution in [1.29, 1.82) is 0 Å². The fourth-order valence-corrected chi connectivity index (χ4v) is 5.70. The maximum absolute atomic E-state index is 12.6. The maximum atomic E-state index is 12.6. The number of ether oxygens (including phenoxy) is 2. The van der Waals surface area contributed by atoms with Crippen molar-refractivity contribution in [1.82, 2.24) is 19.6 Å². The van der Waals surface area contributed by atoms with Crippen LogP contribution in [0.1, 0.15) is 37.6 Å². The summed E-state index contributed by atoms with van der Waals surface area (Å²) in [5, 5.41) is 5.66. The third kappa shape index (κ3) is 3.58. The molecule has 0 amide bonds. The van der Waals surface area contributed by atoms with E-state index in [1.54, 1.807) is 34.3 Å². The SMILES string of the molecule is COc1cc(-c2nc3c4c5c(sc4ncn3n2)CC(C(C)(C)C)CC5)ccc1OC(F)F. The minimum atomic E-state index is -2.93. The zero-order chi connectivity index (χ0) is 22.6. The minimum absolute atomic E-state index is 0.0284. The molecule has 1 aliphatic rings. The van der Waals surface area contributed by atoms with Crippen molar-refractivity contribution in [3.8, 4) is 22.9 Å². The van der Waals surface area contributed by atoms with Gasteiger partial charge in [0.15, 0.2) is 23.0 Å². The smallest absolute Gasteiger partial charge is 0.387 e. The molecule has 0 aliphatic heterocycles. The van der Waals surface area contributed by atoms with Gasteiger partial charge in [-0.3, -0.25) is 0 Å². The van der Waals surface area contributed by atoms with Gasteiger partial charge in [0.25, 0.3) is 0 Å². The second-order valence-corrected chi connectivity index (χ2v) is 10.3. The molecule has 9 heteroatoms. The average Bonchev–Trinajstić information content (AvgIpc) is 3.33. The van der Waals surface area contributed by atoms with Crippen LogP contribution < -0.4 is 9.47 Å². The third-order valence-electron chi connectivity index (χ3n) is 6.25. The first-order valence-electron chi connectivity index (χ1n) is 10.5. The van der Waals surface area contributed by atoms with E-state index in [2.05, 4.69) is 35.6 Å². The number of hydrogen-bond donors (Lipinski definition) is 0. The molecule has 1 atom stereocenters. The molecule has 0 bridgehead atoms. The van der Waals surface area contributed by atoms with Crippen LogP contribution in [0.5, 0.6) is 11.5 Å². The van der Waals surface area contributed by atoms with Crippen LogP contribution in [-0.4, -0.2) is 33.3 Å². The van der Waals surface area contributed by atoms with Gasteiger partial charge in [-0.2, -0.15) is 8.78 Å². The number of methoxy groups -OCH3 is 1.